The smallest absolute Gasteiger partial charge is 0.287 e. The first kappa shape index (κ1) is 21.4. The van der Waals surface area contributed by atoms with Crippen LogP contribution in [-0.4, -0.2) is 66.8 Å². The van der Waals surface area contributed by atoms with Crippen molar-refractivity contribution >= 4 is 50.9 Å². The minimum Gasteiger partial charge on any atom is -0.444 e. The molecule has 154 valence electrons. The summed E-state index contributed by atoms with van der Waals surface area (Å²) in [7, 11) is 0. The number of amides is 3. The Morgan fingerprint density at radius 3 is 2.45 bits per heavy atom. The van der Waals surface area contributed by atoms with E-state index in [4.69, 9.17) is 16.0 Å². The highest BCUT2D eigenvalue weighted by Crippen LogP contribution is 2.20. The summed E-state index contributed by atoms with van der Waals surface area (Å²) < 4.78 is 5.60. The van der Waals surface area contributed by atoms with Gasteiger partial charge in [-0.2, -0.15) is 0 Å². The number of hydrogen-bond donors (Lipinski definition) is 2. The monoisotopic (exact) mass is 482 g/mol. The zero-order chi connectivity index (χ0) is 20.8. The van der Waals surface area contributed by atoms with Crippen molar-refractivity contribution in [3.05, 3.63) is 51.9 Å². The number of carbonyl (C=O) groups excluding carboxylic acids is 3. The number of para-hydroxylation sites is 1. The van der Waals surface area contributed by atoms with Gasteiger partial charge < -0.3 is 20.0 Å². The molecule has 0 spiro atoms. The van der Waals surface area contributed by atoms with Gasteiger partial charge in [0, 0.05) is 26.2 Å². The Labute approximate surface area is 181 Å². The number of carbonyl (C=O) groups is 3. The summed E-state index contributed by atoms with van der Waals surface area (Å²) in [4.78, 5) is 40.1. The SMILES string of the molecule is O=C(CN1CCN(C(=O)CNC(=O)c2ccc(Br)o2)CC1)Nc1ccccc1Cl. The van der Waals surface area contributed by atoms with Crippen LogP contribution in [0.3, 0.4) is 0 Å². The molecule has 1 aliphatic rings. The second kappa shape index (κ2) is 9.91. The van der Waals surface area contributed by atoms with Crippen LogP contribution in [0.5, 0.6) is 0 Å². The maximum absolute atomic E-state index is 12.3. The molecule has 2 heterocycles. The number of benzene rings is 1. The Morgan fingerprint density at radius 2 is 1.79 bits per heavy atom. The number of nitrogens with one attached hydrogen (secondary N) is 2. The van der Waals surface area contributed by atoms with Crippen molar-refractivity contribution in [3.63, 3.8) is 0 Å². The summed E-state index contributed by atoms with van der Waals surface area (Å²) in [6.45, 7) is 2.23. The number of rotatable bonds is 6. The van der Waals surface area contributed by atoms with E-state index in [2.05, 4.69) is 26.6 Å². The number of nitrogens with zero attached hydrogens (tertiary/aromatic N) is 2. The molecule has 1 aliphatic heterocycles. The fourth-order valence-corrected chi connectivity index (χ4v) is 3.39. The second-order valence-electron chi connectivity index (χ2n) is 6.47. The zero-order valence-corrected chi connectivity index (χ0v) is 17.8. The van der Waals surface area contributed by atoms with Gasteiger partial charge in [-0.25, -0.2) is 0 Å². The number of furan rings is 1. The summed E-state index contributed by atoms with van der Waals surface area (Å²) in [5.74, 6) is -0.642. The molecule has 1 fully saturated rings. The quantitative estimate of drug-likeness (QED) is 0.657. The lowest BCUT2D eigenvalue weighted by Crippen LogP contribution is -2.52. The van der Waals surface area contributed by atoms with Gasteiger partial charge in [-0.3, -0.25) is 19.3 Å². The van der Waals surface area contributed by atoms with Gasteiger partial charge in [0.25, 0.3) is 5.91 Å². The van der Waals surface area contributed by atoms with Crippen molar-refractivity contribution < 1.29 is 18.8 Å². The molecule has 1 saturated heterocycles. The molecule has 29 heavy (non-hydrogen) atoms. The summed E-state index contributed by atoms with van der Waals surface area (Å²) in [6.07, 6.45) is 0. The Hall–Kier alpha value is -2.36. The van der Waals surface area contributed by atoms with Gasteiger partial charge in [-0.1, -0.05) is 23.7 Å². The molecule has 0 unspecified atom stereocenters. The van der Waals surface area contributed by atoms with E-state index < -0.39 is 5.91 Å². The van der Waals surface area contributed by atoms with Gasteiger partial charge >= 0.3 is 0 Å². The van der Waals surface area contributed by atoms with Gasteiger partial charge in [0.05, 0.1) is 23.8 Å². The molecule has 0 saturated carbocycles. The second-order valence-corrected chi connectivity index (χ2v) is 7.66. The fraction of sp³-hybridized carbons (Fsp3) is 0.316. The van der Waals surface area contributed by atoms with Crippen molar-refractivity contribution in [2.45, 2.75) is 0 Å². The number of piperazine rings is 1. The average molecular weight is 484 g/mol. The lowest BCUT2D eigenvalue weighted by Gasteiger charge is -2.34. The maximum Gasteiger partial charge on any atom is 0.287 e. The predicted molar refractivity (Wildman–Crippen MR) is 112 cm³/mol. The first-order chi connectivity index (χ1) is 13.9. The van der Waals surface area contributed by atoms with Crippen molar-refractivity contribution in [1.82, 2.24) is 15.1 Å². The molecule has 2 aromatic rings. The molecular formula is C19H20BrClN4O4. The van der Waals surface area contributed by atoms with E-state index in [1.165, 1.54) is 6.07 Å². The van der Waals surface area contributed by atoms with E-state index in [0.29, 0.717) is 41.6 Å². The molecule has 1 aromatic carbocycles. The van der Waals surface area contributed by atoms with Gasteiger partial charge in [-0.15, -0.1) is 0 Å². The molecular weight excluding hydrogens is 464 g/mol. The highest BCUT2D eigenvalue weighted by Gasteiger charge is 2.23. The molecule has 0 bridgehead atoms. The number of hydrogen-bond acceptors (Lipinski definition) is 5. The summed E-state index contributed by atoms with van der Waals surface area (Å²) >= 11 is 9.17. The predicted octanol–water partition coefficient (Wildman–Crippen LogP) is 2.21. The summed E-state index contributed by atoms with van der Waals surface area (Å²) in [5.41, 5.74) is 0.576. The summed E-state index contributed by atoms with van der Waals surface area (Å²) in [5, 5.41) is 5.83. The number of halogens is 2. The van der Waals surface area contributed by atoms with Crippen LogP contribution < -0.4 is 10.6 Å². The molecule has 1 aromatic heterocycles. The van der Waals surface area contributed by atoms with Crippen molar-refractivity contribution in [3.8, 4) is 0 Å². The Kier molecular flexibility index (Phi) is 7.29. The normalized spacial score (nSPS) is 14.5. The topological polar surface area (TPSA) is 94.9 Å². The minimum atomic E-state index is -0.445. The fourth-order valence-electron chi connectivity index (χ4n) is 2.90. The Bertz CT molecular complexity index is 896. The van der Waals surface area contributed by atoms with Crippen LogP contribution in [-0.2, 0) is 9.59 Å². The third-order valence-electron chi connectivity index (χ3n) is 4.44. The van der Waals surface area contributed by atoms with E-state index >= 15 is 0 Å². The van der Waals surface area contributed by atoms with Crippen LogP contribution in [0.4, 0.5) is 5.69 Å². The van der Waals surface area contributed by atoms with Gasteiger partial charge in [0.15, 0.2) is 10.4 Å². The van der Waals surface area contributed by atoms with E-state index in [0.717, 1.165) is 0 Å². The largest absolute Gasteiger partial charge is 0.444 e. The third kappa shape index (κ3) is 6.06. The highest BCUT2D eigenvalue weighted by molar-refractivity contribution is 9.10. The molecule has 0 aliphatic carbocycles. The molecule has 3 amide bonds. The first-order valence-corrected chi connectivity index (χ1v) is 10.2. The van der Waals surface area contributed by atoms with Crippen LogP contribution in [0, 0.1) is 0 Å². The lowest BCUT2D eigenvalue weighted by atomic mass is 10.3. The minimum absolute atomic E-state index is 0.107. The molecule has 0 radical (unpaired) electrons. The number of anilines is 1. The molecule has 2 N–H and O–H groups in total. The van der Waals surface area contributed by atoms with Crippen LogP contribution in [0.2, 0.25) is 5.02 Å². The maximum atomic E-state index is 12.3. The zero-order valence-electron chi connectivity index (χ0n) is 15.5. The van der Waals surface area contributed by atoms with E-state index in [1.807, 2.05) is 4.90 Å². The molecule has 3 rings (SSSR count). The molecule has 8 nitrogen and oxygen atoms in total. The van der Waals surface area contributed by atoms with Crippen molar-refractivity contribution in [2.24, 2.45) is 0 Å². The van der Waals surface area contributed by atoms with Crippen LogP contribution in [0.1, 0.15) is 10.6 Å². The van der Waals surface area contributed by atoms with Gasteiger partial charge in [0.1, 0.15) is 0 Å². The Balaban J connectivity index is 1.39. The standard InChI is InChI=1S/C19H20BrClN4O4/c20-16-6-5-15(29-16)19(28)22-11-18(27)25-9-7-24(8-10-25)12-17(26)23-14-4-2-1-3-13(14)21/h1-6H,7-12H2,(H,22,28)(H,23,26). The molecule has 10 heteroatoms. The Morgan fingerprint density at radius 1 is 1.07 bits per heavy atom. The highest BCUT2D eigenvalue weighted by atomic mass is 79.9. The van der Waals surface area contributed by atoms with Crippen LogP contribution in [0.15, 0.2) is 45.5 Å². The van der Waals surface area contributed by atoms with Crippen molar-refractivity contribution in [1.29, 1.82) is 0 Å². The molecule has 0 atom stereocenters. The van der Waals surface area contributed by atoms with Gasteiger partial charge in [0.2, 0.25) is 11.8 Å². The van der Waals surface area contributed by atoms with Crippen molar-refractivity contribution in [2.75, 3.05) is 44.6 Å². The van der Waals surface area contributed by atoms with Gasteiger partial charge in [-0.05, 0) is 40.2 Å². The van der Waals surface area contributed by atoms with E-state index in [-0.39, 0.29) is 30.7 Å². The van der Waals surface area contributed by atoms with Crippen LogP contribution in [0.25, 0.3) is 0 Å². The summed E-state index contributed by atoms with van der Waals surface area (Å²) in [6, 6.07) is 10.2. The van der Waals surface area contributed by atoms with E-state index in [9.17, 15) is 14.4 Å². The lowest BCUT2D eigenvalue weighted by molar-refractivity contribution is -0.132. The van der Waals surface area contributed by atoms with E-state index in [1.54, 1.807) is 35.2 Å². The third-order valence-corrected chi connectivity index (χ3v) is 5.19. The van der Waals surface area contributed by atoms with Crippen LogP contribution >= 0.6 is 27.5 Å². The first-order valence-electron chi connectivity index (χ1n) is 9.00. The average Bonchev–Trinajstić information content (AvgIpc) is 3.14.